The second kappa shape index (κ2) is 8.66. The summed E-state index contributed by atoms with van der Waals surface area (Å²) in [7, 11) is -2.22. The second-order valence-electron chi connectivity index (χ2n) is 8.01. The molecule has 1 aliphatic rings. The lowest BCUT2D eigenvalue weighted by Crippen LogP contribution is -2.21. The molecule has 8 nitrogen and oxygen atoms in total. The highest BCUT2D eigenvalue weighted by molar-refractivity contribution is 7.92. The van der Waals surface area contributed by atoms with E-state index in [9.17, 15) is 8.42 Å². The molecule has 0 bridgehead atoms. The Balaban J connectivity index is 1.74. The number of ether oxygens (including phenoxy) is 1. The Kier molecular flexibility index (Phi) is 5.95. The Labute approximate surface area is 182 Å². The number of anilines is 1. The molecule has 0 atom stereocenters. The van der Waals surface area contributed by atoms with E-state index in [2.05, 4.69) is 19.8 Å². The highest BCUT2D eigenvalue weighted by Gasteiger charge is 2.21. The zero-order valence-electron chi connectivity index (χ0n) is 18.0. The molecule has 0 unspecified atom stereocenters. The summed E-state index contributed by atoms with van der Waals surface area (Å²) in [6, 6.07) is 7.80. The lowest BCUT2D eigenvalue weighted by Gasteiger charge is -2.23. The number of hydrogen-bond acceptors (Lipinski definition) is 6. The van der Waals surface area contributed by atoms with Gasteiger partial charge in [0.15, 0.2) is 0 Å². The lowest BCUT2D eigenvalue weighted by molar-refractivity contribution is 0.149. The minimum Gasteiger partial charge on any atom is -0.474 e. The zero-order chi connectivity index (χ0) is 22.0. The summed E-state index contributed by atoms with van der Waals surface area (Å²) >= 11 is 0. The van der Waals surface area contributed by atoms with Gasteiger partial charge in [0, 0.05) is 24.9 Å². The standard InChI is InChI=1S/C22H27N5O3S/c1-15-8-7-9-16(2)21(15)19-12-20(30-17-10-5-4-6-11-17)25-22(24-19)26-31(28,29)18-13-23-27(3)14-18/h7-9,12-14,17H,4-6,10-11H2,1-3H3,(H,24,25,26). The Morgan fingerprint density at radius 3 is 2.45 bits per heavy atom. The summed E-state index contributed by atoms with van der Waals surface area (Å²) in [5, 5.41) is 3.94. The number of sulfonamides is 1. The number of aromatic nitrogens is 4. The van der Waals surface area contributed by atoms with Crippen molar-refractivity contribution in [3.8, 4) is 17.1 Å². The van der Waals surface area contributed by atoms with Gasteiger partial charge in [-0.15, -0.1) is 0 Å². The monoisotopic (exact) mass is 441 g/mol. The van der Waals surface area contributed by atoms with Crippen molar-refractivity contribution in [3.05, 3.63) is 47.8 Å². The maximum absolute atomic E-state index is 12.8. The van der Waals surface area contributed by atoms with Crippen LogP contribution in [0.1, 0.15) is 43.2 Å². The van der Waals surface area contributed by atoms with E-state index in [4.69, 9.17) is 4.74 Å². The molecule has 0 amide bonds. The minimum atomic E-state index is -3.88. The fraction of sp³-hybridized carbons (Fsp3) is 0.409. The van der Waals surface area contributed by atoms with Crippen LogP contribution in [0.3, 0.4) is 0 Å². The molecule has 1 fully saturated rings. The predicted molar refractivity (Wildman–Crippen MR) is 118 cm³/mol. The van der Waals surface area contributed by atoms with Crippen molar-refractivity contribution in [1.82, 2.24) is 19.7 Å². The number of aryl methyl sites for hydroxylation is 3. The van der Waals surface area contributed by atoms with Crippen LogP contribution in [0, 0.1) is 13.8 Å². The molecule has 9 heteroatoms. The van der Waals surface area contributed by atoms with E-state index in [0.29, 0.717) is 11.6 Å². The normalized spacial score (nSPS) is 15.1. The van der Waals surface area contributed by atoms with Crippen molar-refractivity contribution >= 4 is 16.0 Å². The molecule has 1 N–H and O–H groups in total. The van der Waals surface area contributed by atoms with Crippen LogP contribution in [0.15, 0.2) is 41.6 Å². The van der Waals surface area contributed by atoms with Crippen molar-refractivity contribution in [3.63, 3.8) is 0 Å². The first-order chi connectivity index (χ1) is 14.8. The average molecular weight is 442 g/mol. The number of nitrogens with zero attached hydrogens (tertiary/aromatic N) is 4. The molecule has 2 aromatic heterocycles. The van der Waals surface area contributed by atoms with Crippen molar-refractivity contribution in [2.45, 2.75) is 57.0 Å². The molecule has 0 aliphatic heterocycles. The first-order valence-corrected chi connectivity index (χ1v) is 11.9. The minimum absolute atomic E-state index is 0.0187. The van der Waals surface area contributed by atoms with Crippen LogP contribution in [0.5, 0.6) is 5.88 Å². The third kappa shape index (κ3) is 4.87. The van der Waals surface area contributed by atoms with E-state index in [1.165, 1.54) is 23.5 Å². The smallest absolute Gasteiger partial charge is 0.267 e. The van der Waals surface area contributed by atoms with Crippen molar-refractivity contribution in [1.29, 1.82) is 0 Å². The molecule has 31 heavy (non-hydrogen) atoms. The Hall–Kier alpha value is -2.94. The Bertz CT molecular complexity index is 1160. The molecule has 1 aromatic carbocycles. The number of nitrogens with one attached hydrogen (secondary N) is 1. The van der Waals surface area contributed by atoms with E-state index in [1.54, 1.807) is 13.1 Å². The average Bonchev–Trinajstić information content (AvgIpc) is 3.16. The van der Waals surface area contributed by atoms with E-state index in [1.807, 2.05) is 32.0 Å². The van der Waals surface area contributed by atoms with Crippen molar-refractivity contribution in [2.75, 3.05) is 4.72 Å². The third-order valence-electron chi connectivity index (χ3n) is 5.50. The molecule has 3 aromatic rings. The van der Waals surface area contributed by atoms with Gasteiger partial charge in [0.1, 0.15) is 11.0 Å². The quantitative estimate of drug-likeness (QED) is 0.621. The fourth-order valence-corrected chi connectivity index (χ4v) is 4.87. The molecule has 1 saturated carbocycles. The van der Waals surface area contributed by atoms with Gasteiger partial charge in [0.05, 0.1) is 11.9 Å². The summed E-state index contributed by atoms with van der Waals surface area (Å²) in [6.07, 6.45) is 8.21. The molecule has 0 radical (unpaired) electrons. The summed E-state index contributed by atoms with van der Waals surface area (Å²) in [5.74, 6) is 0.359. The molecule has 1 aliphatic carbocycles. The highest BCUT2D eigenvalue weighted by atomic mass is 32.2. The summed E-state index contributed by atoms with van der Waals surface area (Å²) in [4.78, 5) is 8.95. The molecule has 4 rings (SSSR count). The van der Waals surface area contributed by atoms with Crippen LogP contribution in [-0.2, 0) is 17.1 Å². The van der Waals surface area contributed by atoms with Crippen molar-refractivity contribution < 1.29 is 13.2 Å². The van der Waals surface area contributed by atoms with Crippen LogP contribution >= 0.6 is 0 Å². The molecule has 0 saturated heterocycles. The van der Waals surface area contributed by atoms with Gasteiger partial charge in [-0.1, -0.05) is 24.6 Å². The van der Waals surface area contributed by atoms with Crippen LogP contribution in [0.4, 0.5) is 5.95 Å². The van der Waals surface area contributed by atoms with Gasteiger partial charge in [-0.25, -0.2) is 18.1 Å². The summed E-state index contributed by atoms with van der Waals surface area (Å²) in [5.41, 5.74) is 3.66. The molecule has 0 spiro atoms. The molecular weight excluding hydrogens is 414 g/mol. The molecular formula is C22H27N5O3S. The van der Waals surface area contributed by atoms with Gasteiger partial charge < -0.3 is 4.74 Å². The van der Waals surface area contributed by atoms with Gasteiger partial charge in [-0.05, 0) is 50.7 Å². The Morgan fingerprint density at radius 2 is 1.81 bits per heavy atom. The highest BCUT2D eigenvalue weighted by Crippen LogP contribution is 2.31. The Morgan fingerprint density at radius 1 is 1.10 bits per heavy atom. The fourth-order valence-electron chi connectivity index (χ4n) is 3.95. The molecule has 2 heterocycles. The van der Waals surface area contributed by atoms with Gasteiger partial charge in [-0.2, -0.15) is 10.1 Å². The number of rotatable bonds is 6. The van der Waals surface area contributed by atoms with E-state index in [-0.39, 0.29) is 16.9 Å². The van der Waals surface area contributed by atoms with Gasteiger partial charge in [0.25, 0.3) is 10.0 Å². The topological polar surface area (TPSA) is 99.0 Å². The first-order valence-electron chi connectivity index (χ1n) is 10.5. The van der Waals surface area contributed by atoms with E-state index >= 15 is 0 Å². The lowest BCUT2D eigenvalue weighted by atomic mass is 9.98. The zero-order valence-corrected chi connectivity index (χ0v) is 18.8. The van der Waals surface area contributed by atoms with E-state index < -0.39 is 10.0 Å². The van der Waals surface area contributed by atoms with Gasteiger partial charge in [0.2, 0.25) is 11.8 Å². The second-order valence-corrected chi connectivity index (χ2v) is 9.70. The van der Waals surface area contributed by atoms with Crippen molar-refractivity contribution in [2.24, 2.45) is 7.05 Å². The predicted octanol–water partition coefficient (Wildman–Crippen LogP) is 4.01. The van der Waals surface area contributed by atoms with Crippen LogP contribution in [-0.4, -0.2) is 34.3 Å². The maximum Gasteiger partial charge on any atom is 0.267 e. The van der Waals surface area contributed by atoms with Crippen LogP contribution in [0.2, 0.25) is 0 Å². The SMILES string of the molecule is Cc1cccc(C)c1-c1cc(OC2CCCCC2)nc(NS(=O)(=O)c2cnn(C)c2)n1. The third-order valence-corrected chi connectivity index (χ3v) is 6.78. The van der Waals surface area contributed by atoms with Crippen LogP contribution in [0.25, 0.3) is 11.3 Å². The molecule has 164 valence electrons. The van der Waals surface area contributed by atoms with Gasteiger partial charge >= 0.3 is 0 Å². The van der Waals surface area contributed by atoms with Gasteiger partial charge in [-0.3, -0.25) is 4.68 Å². The van der Waals surface area contributed by atoms with E-state index in [0.717, 1.165) is 42.4 Å². The summed E-state index contributed by atoms with van der Waals surface area (Å²) in [6.45, 7) is 4.01. The number of hydrogen-bond donors (Lipinski definition) is 1. The van der Waals surface area contributed by atoms with Crippen LogP contribution < -0.4 is 9.46 Å². The number of benzene rings is 1. The summed E-state index contributed by atoms with van der Waals surface area (Å²) < 4.78 is 35.7. The maximum atomic E-state index is 12.8. The largest absolute Gasteiger partial charge is 0.474 e. The first kappa shape index (κ1) is 21.3.